The van der Waals surface area contributed by atoms with Gasteiger partial charge in [-0.1, -0.05) is 60.1 Å². The third-order valence-electron chi connectivity index (χ3n) is 3.31. The van der Waals surface area contributed by atoms with Crippen molar-refractivity contribution in [3.63, 3.8) is 0 Å². The lowest BCUT2D eigenvalue weighted by Gasteiger charge is -2.11. The Kier molecular flexibility index (Phi) is 4.26. The molecule has 0 amide bonds. The first-order valence-electron chi connectivity index (χ1n) is 6.91. The highest BCUT2D eigenvalue weighted by Gasteiger charge is 2.17. The van der Waals surface area contributed by atoms with Crippen LogP contribution < -0.4 is 4.74 Å². The average Bonchev–Trinajstić information content (AvgIpc) is 2.56. The second kappa shape index (κ2) is 6.50. The lowest BCUT2D eigenvalue weighted by atomic mass is 10.0. The Morgan fingerprint density at radius 1 is 0.870 bits per heavy atom. The molecular formula is C18H12ClNO3. The van der Waals surface area contributed by atoms with E-state index in [-0.39, 0.29) is 11.4 Å². The van der Waals surface area contributed by atoms with E-state index in [1.165, 1.54) is 18.2 Å². The number of hydrogen-bond donors (Lipinski definition) is 0. The summed E-state index contributed by atoms with van der Waals surface area (Å²) in [6, 6.07) is 21.3. The van der Waals surface area contributed by atoms with E-state index in [0.717, 1.165) is 11.1 Å². The van der Waals surface area contributed by atoms with Crippen LogP contribution in [0.4, 0.5) is 5.69 Å². The fourth-order valence-electron chi connectivity index (χ4n) is 2.25. The zero-order valence-electron chi connectivity index (χ0n) is 12.0. The molecule has 0 saturated heterocycles. The summed E-state index contributed by atoms with van der Waals surface area (Å²) in [6.07, 6.45) is 0. The number of ether oxygens (including phenoxy) is 1. The number of nitro benzene ring substituents is 1. The van der Waals surface area contributed by atoms with Gasteiger partial charge in [0.1, 0.15) is 5.75 Å². The van der Waals surface area contributed by atoms with Crippen molar-refractivity contribution in [1.82, 2.24) is 0 Å². The molecule has 23 heavy (non-hydrogen) atoms. The van der Waals surface area contributed by atoms with Gasteiger partial charge >= 0.3 is 5.69 Å². The molecule has 0 unspecified atom stereocenters. The van der Waals surface area contributed by atoms with E-state index < -0.39 is 4.92 Å². The Labute approximate surface area is 138 Å². The number of hydrogen-bond acceptors (Lipinski definition) is 3. The Bertz CT molecular complexity index is 850. The van der Waals surface area contributed by atoms with E-state index in [9.17, 15) is 10.1 Å². The Morgan fingerprint density at radius 3 is 2.30 bits per heavy atom. The molecule has 0 saturated carbocycles. The van der Waals surface area contributed by atoms with E-state index in [1.54, 1.807) is 6.07 Å². The SMILES string of the molecule is O=[N+]([O-])c1ccc(Cl)cc1Oc1ccccc1-c1ccccc1. The number of nitrogens with zero attached hydrogens (tertiary/aromatic N) is 1. The third-order valence-corrected chi connectivity index (χ3v) is 3.55. The fraction of sp³-hybridized carbons (Fsp3) is 0. The van der Waals surface area contributed by atoms with Crippen LogP contribution in [0.25, 0.3) is 11.1 Å². The van der Waals surface area contributed by atoms with Crippen molar-refractivity contribution in [3.05, 3.63) is 87.9 Å². The van der Waals surface area contributed by atoms with Gasteiger partial charge in [0, 0.05) is 22.7 Å². The molecule has 3 aromatic rings. The van der Waals surface area contributed by atoms with Gasteiger partial charge in [0.15, 0.2) is 0 Å². The molecule has 0 N–H and O–H groups in total. The van der Waals surface area contributed by atoms with Crippen LogP contribution in [0.5, 0.6) is 11.5 Å². The maximum Gasteiger partial charge on any atom is 0.311 e. The molecular weight excluding hydrogens is 314 g/mol. The molecule has 114 valence electrons. The van der Waals surface area contributed by atoms with Gasteiger partial charge in [-0.05, 0) is 17.7 Å². The first-order valence-corrected chi connectivity index (χ1v) is 7.29. The van der Waals surface area contributed by atoms with Crippen molar-refractivity contribution in [2.75, 3.05) is 0 Å². The van der Waals surface area contributed by atoms with Crippen LogP contribution in [-0.4, -0.2) is 4.92 Å². The summed E-state index contributed by atoms with van der Waals surface area (Å²) >= 11 is 5.94. The van der Waals surface area contributed by atoms with Gasteiger partial charge in [0.25, 0.3) is 0 Å². The largest absolute Gasteiger partial charge is 0.449 e. The van der Waals surface area contributed by atoms with Gasteiger partial charge in [-0.15, -0.1) is 0 Å². The Balaban J connectivity index is 2.05. The van der Waals surface area contributed by atoms with Crippen LogP contribution in [0.2, 0.25) is 5.02 Å². The summed E-state index contributed by atoms with van der Waals surface area (Å²) in [4.78, 5) is 10.7. The molecule has 0 spiro atoms. The van der Waals surface area contributed by atoms with Crippen molar-refractivity contribution in [2.45, 2.75) is 0 Å². The van der Waals surface area contributed by atoms with Crippen LogP contribution in [0.3, 0.4) is 0 Å². The van der Waals surface area contributed by atoms with Crippen molar-refractivity contribution in [1.29, 1.82) is 0 Å². The molecule has 5 heteroatoms. The predicted octanol–water partition coefficient (Wildman–Crippen LogP) is 5.71. The predicted molar refractivity (Wildman–Crippen MR) is 90.1 cm³/mol. The van der Waals surface area contributed by atoms with Gasteiger partial charge < -0.3 is 4.74 Å². The van der Waals surface area contributed by atoms with E-state index in [2.05, 4.69) is 0 Å². The van der Waals surface area contributed by atoms with E-state index >= 15 is 0 Å². The molecule has 0 aliphatic rings. The van der Waals surface area contributed by atoms with Crippen LogP contribution >= 0.6 is 11.6 Å². The second-order valence-corrected chi connectivity index (χ2v) is 5.27. The van der Waals surface area contributed by atoms with Crippen LogP contribution in [0, 0.1) is 10.1 Å². The van der Waals surface area contributed by atoms with E-state index in [0.29, 0.717) is 10.8 Å². The van der Waals surface area contributed by atoms with Gasteiger partial charge in [-0.2, -0.15) is 0 Å². The molecule has 3 aromatic carbocycles. The smallest absolute Gasteiger partial charge is 0.311 e. The van der Waals surface area contributed by atoms with Crippen molar-refractivity contribution in [3.8, 4) is 22.6 Å². The fourth-order valence-corrected chi connectivity index (χ4v) is 2.41. The summed E-state index contributed by atoms with van der Waals surface area (Å²) in [5.41, 5.74) is 1.69. The highest BCUT2D eigenvalue weighted by Crippen LogP contribution is 2.38. The van der Waals surface area contributed by atoms with Gasteiger partial charge in [0.2, 0.25) is 5.75 Å². The summed E-state index contributed by atoms with van der Waals surface area (Å²) in [7, 11) is 0. The van der Waals surface area contributed by atoms with Crippen LogP contribution in [0.15, 0.2) is 72.8 Å². The zero-order valence-corrected chi connectivity index (χ0v) is 12.7. The molecule has 0 fully saturated rings. The summed E-state index contributed by atoms with van der Waals surface area (Å²) < 4.78 is 5.81. The molecule has 4 nitrogen and oxygen atoms in total. The molecule has 0 aliphatic heterocycles. The normalized spacial score (nSPS) is 10.3. The van der Waals surface area contributed by atoms with Crippen molar-refractivity contribution >= 4 is 17.3 Å². The minimum absolute atomic E-state index is 0.117. The molecule has 0 bridgehead atoms. The molecule has 0 atom stereocenters. The highest BCUT2D eigenvalue weighted by molar-refractivity contribution is 6.30. The zero-order chi connectivity index (χ0) is 16.2. The number of nitro groups is 1. The first kappa shape index (κ1) is 15.1. The topological polar surface area (TPSA) is 52.4 Å². The summed E-state index contributed by atoms with van der Waals surface area (Å²) in [5.74, 6) is 0.648. The monoisotopic (exact) mass is 325 g/mol. The summed E-state index contributed by atoms with van der Waals surface area (Å²) in [6.45, 7) is 0. The Hall–Kier alpha value is -2.85. The molecule has 3 rings (SSSR count). The van der Waals surface area contributed by atoms with Gasteiger partial charge in [0.05, 0.1) is 4.92 Å². The highest BCUT2D eigenvalue weighted by atomic mass is 35.5. The molecule has 0 aliphatic carbocycles. The van der Waals surface area contributed by atoms with E-state index in [1.807, 2.05) is 48.5 Å². The van der Waals surface area contributed by atoms with Crippen molar-refractivity contribution < 1.29 is 9.66 Å². The second-order valence-electron chi connectivity index (χ2n) is 4.83. The van der Waals surface area contributed by atoms with Crippen LogP contribution in [0.1, 0.15) is 0 Å². The van der Waals surface area contributed by atoms with E-state index in [4.69, 9.17) is 16.3 Å². The van der Waals surface area contributed by atoms with Gasteiger partial charge in [-0.25, -0.2) is 0 Å². The Morgan fingerprint density at radius 2 is 1.57 bits per heavy atom. The lowest BCUT2D eigenvalue weighted by Crippen LogP contribution is -1.94. The van der Waals surface area contributed by atoms with Crippen molar-refractivity contribution in [2.24, 2.45) is 0 Å². The van der Waals surface area contributed by atoms with Crippen LogP contribution in [-0.2, 0) is 0 Å². The standard InChI is InChI=1S/C18H12ClNO3/c19-14-10-11-16(20(21)22)18(12-14)23-17-9-5-4-8-15(17)13-6-2-1-3-7-13/h1-12H. The first-order chi connectivity index (χ1) is 11.1. The third kappa shape index (κ3) is 3.33. The minimum atomic E-state index is -0.489. The van der Waals surface area contributed by atoms with Gasteiger partial charge in [-0.3, -0.25) is 10.1 Å². The average molecular weight is 326 g/mol. The lowest BCUT2D eigenvalue weighted by molar-refractivity contribution is -0.385. The quantitative estimate of drug-likeness (QED) is 0.456. The molecule has 0 aromatic heterocycles. The maximum atomic E-state index is 11.2. The number of halogens is 1. The maximum absolute atomic E-state index is 11.2. The number of para-hydroxylation sites is 1. The minimum Gasteiger partial charge on any atom is -0.449 e. The summed E-state index contributed by atoms with van der Waals surface area (Å²) in [5, 5.41) is 11.5. The number of benzene rings is 3. The molecule has 0 radical (unpaired) electrons. The number of rotatable bonds is 4. The molecule has 0 heterocycles.